The minimum atomic E-state index is -0.230. The summed E-state index contributed by atoms with van der Waals surface area (Å²) in [5.74, 6) is 1.12. The van der Waals surface area contributed by atoms with Crippen molar-refractivity contribution in [1.29, 1.82) is 0 Å². The zero-order chi connectivity index (χ0) is 21.1. The highest BCUT2D eigenvalue weighted by atomic mass is 32.1. The van der Waals surface area contributed by atoms with Gasteiger partial charge in [-0.1, -0.05) is 0 Å². The third-order valence-corrected chi connectivity index (χ3v) is 6.10. The molecule has 0 bridgehead atoms. The Labute approximate surface area is 181 Å². The fourth-order valence-corrected chi connectivity index (χ4v) is 4.46. The molecule has 30 heavy (non-hydrogen) atoms. The van der Waals surface area contributed by atoms with Gasteiger partial charge in [0, 0.05) is 17.3 Å². The van der Waals surface area contributed by atoms with Crippen LogP contribution in [-0.4, -0.2) is 28.0 Å². The Kier molecular flexibility index (Phi) is 5.73. The van der Waals surface area contributed by atoms with Crippen molar-refractivity contribution >= 4 is 45.2 Å². The summed E-state index contributed by atoms with van der Waals surface area (Å²) in [7, 11) is 1.60. The van der Waals surface area contributed by atoms with E-state index in [1.165, 1.54) is 17.5 Å². The summed E-state index contributed by atoms with van der Waals surface area (Å²) >= 11 is 3.13. The van der Waals surface area contributed by atoms with Gasteiger partial charge in [0.05, 0.1) is 33.9 Å². The number of methoxy groups -OCH3 is 1. The van der Waals surface area contributed by atoms with Gasteiger partial charge in [-0.2, -0.15) is 0 Å². The highest BCUT2D eigenvalue weighted by Crippen LogP contribution is 2.32. The van der Waals surface area contributed by atoms with Crippen LogP contribution < -0.4 is 15.4 Å². The molecule has 4 aromatic rings. The second-order valence-corrected chi connectivity index (χ2v) is 8.49. The van der Waals surface area contributed by atoms with Gasteiger partial charge in [0.1, 0.15) is 11.6 Å². The molecule has 1 aromatic carbocycles. The number of carbonyl (C=O) groups is 1. The van der Waals surface area contributed by atoms with E-state index in [0.717, 1.165) is 32.2 Å². The van der Waals surface area contributed by atoms with Gasteiger partial charge >= 0.3 is 0 Å². The highest BCUT2D eigenvalue weighted by Gasteiger charge is 2.12. The second-order valence-electron chi connectivity index (χ2n) is 6.43. The van der Waals surface area contributed by atoms with Crippen LogP contribution in [0.3, 0.4) is 0 Å². The van der Waals surface area contributed by atoms with Crippen molar-refractivity contribution in [3.05, 3.63) is 64.2 Å². The number of carbonyl (C=O) groups excluding carboxylic acids is 1. The number of nitrogens with one attached hydrogen (secondary N) is 2. The van der Waals surface area contributed by atoms with Crippen LogP contribution in [0.25, 0.3) is 10.6 Å². The molecule has 4 rings (SSSR count). The highest BCUT2D eigenvalue weighted by molar-refractivity contribution is 7.16. The summed E-state index contributed by atoms with van der Waals surface area (Å²) in [6, 6.07) is 10.6. The first-order valence-corrected chi connectivity index (χ1v) is 10.8. The number of rotatable bonds is 6. The smallest absolute Gasteiger partial charge is 0.257 e. The molecule has 0 aliphatic heterocycles. The van der Waals surface area contributed by atoms with E-state index in [-0.39, 0.29) is 5.91 Å². The standard InChI is InChI=1S/C21H19N5O2S2/c1-12-19(30-13(2)23-12)17-11-29-21(25-17)26-18-9-4-14(10-22-18)20(27)24-15-5-7-16(28-3)8-6-15/h4-11H,1-3H3,(H,24,27)(H,22,25,26). The molecule has 3 heterocycles. The molecule has 0 saturated carbocycles. The van der Waals surface area contributed by atoms with Gasteiger partial charge in [-0.3, -0.25) is 4.79 Å². The molecule has 0 aliphatic carbocycles. The molecule has 0 spiro atoms. The van der Waals surface area contributed by atoms with Gasteiger partial charge in [-0.25, -0.2) is 15.0 Å². The fraction of sp³-hybridized carbons (Fsp3) is 0.143. The molecule has 152 valence electrons. The van der Waals surface area contributed by atoms with Crippen molar-refractivity contribution in [3.8, 4) is 16.3 Å². The number of aromatic nitrogens is 3. The van der Waals surface area contributed by atoms with Gasteiger partial charge in [0.25, 0.3) is 5.91 Å². The Morgan fingerprint density at radius 1 is 1.07 bits per heavy atom. The maximum absolute atomic E-state index is 12.4. The molecule has 0 saturated heterocycles. The molecule has 9 heteroatoms. The third-order valence-electron chi connectivity index (χ3n) is 4.25. The molecular formula is C21H19N5O2S2. The fourth-order valence-electron chi connectivity index (χ4n) is 2.79. The first-order valence-electron chi connectivity index (χ1n) is 9.10. The van der Waals surface area contributed by atoms with Crippen LogP contribution in [0.2, 0.25) is 0 Å². The van der Waals surface area contributed by atoms with E-state index in [0.29, 0.717) is 17.1 Å². The Hall–Kier alpha value is -3.30. The van der Waals surface area contributed by atoms with E-state index in [2.05, 4.69) is 25.6 Å². The third kappa shape index (κ3) is 4.47. The maximum Gasteiger partial charge on any atom is 0.257 e. The van der Waals surface area contributed by atoms with E-state index in [4.69, 9.17) is 4.74 Å². The lowest BCUT2D eigenvalue weighted by Gasteiger charge is -2.07. The van der Waals surface area contributed by atoms with E-state index in [1.54, 1.807) is 54.8 Å². The maximum atomic E-state index is 12.4. The van der Waals surface area contributed by atoms with Gasteiger partial charge in [0.2, 0.25) is 0 Å². The number of hydrogen-bond acceptors (Lipinski definition) is 8. The van der Waals surface area contributed by atoms with Crippen LogP contribution in [0, 0.1) is 13.8 Å². The van der Waals surface area contributed by atoms with Crippen LogP contribution in [0.4, 0.5) is 16.6 Å². The Bertz CT molecular complexity index is 1170. The zero-order valence-corrected chi connectivity index (χ0v) is 18.2. The summed E-state index contributed by atoms with van der Waals surface area (Å²) < 4.78 is 5.12. The molecule has 3 aromatic heterocycles. The molecule has 0 aliphatic rings. The van der Waals surface area contributed by atoms with Gasteiger partial charge in [-0.15, -0.1) is 22.7 Å². The summed E-state index contributed by atoms with van der Waals surface area (Å²) in [5.41, 5.74) is 3.04. The lowest BCUT2D eigenvalue weighted by molar-refractivity contribution is 0.102. The molecular weight excluding hydrogens is 418 g/mol. The molecule has 0 fully saturated rings. The van der Waals surface area contributed by atoms with E-state index in [1.807, 2.05) is 19.2 Å². The molecule has 0 radical (unpaired) electrons. The number of thiazole rings is 2. The number of ether oxygens (including phenoxy) is 1. The number of amides is 1. The average Bonchev–Trinajstić information content (AvgIpc) is 3.34. The monoisotopic (exact) mass is 437 g/mol. The van der Waals surface area contributed by atoms with Gasteiger partial charge in [-0.05, 0) is 50.2 Å². The van der Waals surface area contributed by atoms with Crippen molar-refractivity contribution in [1.82, 2.24) is 15.0 Å². The van der Waals surface area contributed by atoms with Gasteiger partial charge < -0.3 is 15.4 Å². The topological polar surface area (TPSA) is 89.0 Å². The predicted molar refractivity (Wildman–Crippen MR) is 121 cm³/mol. The van der Waals surface area contributed by atoms with Crippen LogP contribution in [-0.2, 0) is 0 Å². The van der Waals surface area contributed by atoms with Crippen molar-refractivity contribution in [2.75, 3.05) is 17.7 Å². The number of pyridine rings is 1. The lowest BCUT2D eigenvalue weighted by Crippen LogP contribution is -2.12. The van der Waals surface area contributed by atoms with Crippen LogP contribution in [0.1, 0.15) is 21.1 Å². The Balaban J connectivity index is 1.41. The number of nitrogens with zero attached hydrogens (tertiary/aromatic N) is 3. The van der Waals surface area contributed by atoms with Crippen LogP contribution in [0.15, 0.2) is 48.0 Å². The number of hydrogen-bond donors (Lipinski definition) is 2. The number of aryl methyl sites for hydroxylation is 2. The number of benzene rings is 1. The first kappa shape index (κ1) is 20.0. The molecule has 7 nitrogen and oxygen atoms in total. The molecule has 0 unspecified atom stereocenters. The summed E-state index contributed by atoms with van der Waals surface area (Å²) in [6.07, 6.45) is 1.53. The lowest BCUT2D eigenvalue weighted by atomic mass is 10.2. The van der Waals surface area contributed by atoms with Gasteiger partial charge in [0.15, 0.2) is 5.13 Å². The summed E-state index contributed by atoms with van der Waals surface area (Å²) in [5, 5.41) is 9.78. The average molecular weight is 438 g/mol. The summed E-state index contributed by atoms with van der Waals surface area (Å²) in [6.45, 7) is 3.98. The zero-order valence-electron chi connectivity index (χ0n) is 16.6. The minimum absolute atomic E-state index is 0.230. The van der Waals surface area contributed by atoms with Crippen molar-refractivity contribution in [2.45, 2.75) is 13.8 Å². The normalized spacial score (nSPS) is 10.6. The predicted octanol–water partition coefficient (Wildman–Crippen LogP) is 5.28. The molecule has 2 N–H and O–H groups in total. The van der Waals surface area contributed by atoms with Crippen molar-refractivity contribution in [2.24, 2.45) is 0 Å². The Morgan fingerprint density at radius 2 is 1.87 bits per heavy atom. The van der Waals surface area contributed by atoms with Crippen LogP contribution >= 0.6 is 22.7 Å². The molecule has 1 amide bonds. The quantitative estimate of drug-likeness (QED) is 0.426. The van der Waals surface area contributed by atoms with Crippen molar-refractivity contribution in [3.63, 3.8) is 0 Å². The largest absolute Gasteiger partial charge is 0.497 e. The second kappa shape index (κ2) is 8.60. The SMILES string of the molecule is COc1ccc(NC(=O)c2ccc(Nc3nc(-c4sc(C)nc4C)cs3)nc2)cc1. The number of anilines is 3. The van der Waals surface area contributed by atoms with Crippen molar-refractivity contribution < 1.29 is 9.53 Å². The first-order chi connectivity index (χ1) is 14.5. The van der Waals surface area contributed by atoms with E-state index >= 15 is 0 Å². The molecule has 0 atom stereocenters. The summed E-state index contributed by atoms with van der Waals surface area (Å²) in [4.78, 5) is 26.9. The van der Waals surface area contributed by atoms with Crippen LogP contribution in [0.5, 0.6) is 5.75 Å². The Morgan fingerprint density at radius 3 is 2.50 bits per heavy atom. The minimum Gasteiger partial charge on any atom is -0.497 e. The van der Waals surface area contributed by atoms with E-state index in [9.17, 15) is 4.79 Å². The van der Waals surface area contributed by atoms with E-state index < -0.39 is 0 Å².